The molecule has 0 radical (unpaired) electrons. The maximum Gasteiger partial charge on any atom is 0.336 e. The number of methoxy groups -OCH3 is 1. The largest absolute Gasteiger partial charge is 0.490 e. The first-order valence-corrected chi connectivity index (χ1v) is 5.76. The second kappa shape index (κ2) is 5.14. The summed E-state index contributed by atoms with van der Waals surface area (Å²) in [7, 11) is 1.46. The number of benzene rings is 1. The lowest BCUT2D eigenvalue weighted by Gasteiger charge is -2.11. The molecule has 2 aromatic rings. The SMILES string of the molecule is COc1c(OCC(C)=O)ccc2c(C)cc(=O)oc12. The Hall–Kier alpha value is -2.30. The van der Waals surface area contributed by atoms with Crippen molar-refractivity contribution in [1.29, 1.82) is 0 Å². The third-order valence-corrected chi connectivity index (χ3v) is 2.67. The molecule has 0 saturated heterocycles. The number of hydrogen-bond donors (Lipinski definition) is 0. The first-order chi connectivity index (χ1) is 9.02. The number of carbonyl (C=O) groups excluding carboxylic acids is 1. The third kappa shape index (κ3) is 2.59. The Morgan fingerprint density at radius 1 is 1.37 bits per heavy atom. The van der Waals surface area contributed by atoms with E-state index in [-0.39, 0.29) is 12.4 Å². The van der Waals surface area contributed by atoms with Gasteiger partial charge in [-0.1, -0.05) is 0 Å². The number of rotatable bonds is 4. The molecule has 1 aromatic carbocycles. The van der Waals surface area contributed by atoms with E-state index in [0.29, 0.717) is 17.1 Å². The number of fused-ring (bicyclic) bond motifs is 1. The Bertz CT molecular complexity index is 684. The second-order valence-corrected chi connectivity index (χ2v) is 4.21. The summed E-state index contributed by atoms with van der Waals surface area (Å²) < 4.78 is 15.7. The van der Waals surface area contributed by atoms with E-state index in [4.69, 9.17) is 13.9 Å². The Kier molecular flexibility index (Phi) is 3.55. The standard InChI is InChI=1S/C14H14O5/c1-8-6-12(16)19-13-10(8)4-5-11(14(13)17-3)18-7-9(2)15/h4-6H,7H2,1-3H3. The van der Waals surface area contributed by atoms with E-state index in [1.54, 1.807) is 12.1 Å². The molecule has 5 heteroatoms. The van der Waals surface area contributed by atoms with E-state index in [0.717, 1.165) is 10.9 Å². The highest BCUT2D eigenvalue weighted by Gasteiger charge is 2.14. The summed E-state index contributed by atoms with van der Waals surface area (Å²) in [5.74, 6) is 0.589. The Morgan fingerprint density at radius 2 is 2.11 bits per heavy atom. The van der Waals surface area contributed by atoms with Crippen LogP contribution in [0.1, 0.15) is 12.5 Å². The zero-order chi connectivity index (χ0) is 14.0. The third-order valence-electron chi connectivity index (χ3n) is 2.67. The van der Waals surface area contributed by atoms with Gasteiger partial charge in [0.05, 0.1) is 7.11 Å². The van der Waals surface area contributed by atoms with Gasteiger partial charge in [-0.05, 0) is 31.5 Å². The Morgan fingerprint density at radius 3 is 2.74 bits per heavy atom. The van der Waals surface area contributed by atoms with Crippen LogP contribution in [-0.4, -0.2) is 19.5 Å². The lowest BCUT2D eigenvalue weighted by Crippen LogP contribution is -2.08. The normalized spacial score (nSPS) is 10.5. The van der Waals surface area contributed by atoms with E-state index < -0.39 is 5.63 Å². The zero-order valence-electron chi connectivity index (χ0n) is 11.0. The molecule has 0 atom stereocenters. The first-order valence-electron chi connectivity index (χ1n) is 5.76. The molecule has 0 N–H and O–H groups in total. The van der Waals surface area contributed by atoms with Gasteiger partial charge in [-0.15, -0.1) is 0 Å². The van der Waals surface area contributed by atoms with Crippen LogP contribution in [0.2, 0.25) is 0 Å². The number of ketones is 1. The van der Waals surface area contributed by atoms with Crippen molar-refractivity contribution in [2.45, 2.75) is 13.8 Å². The van der Waals surface area contributed by atoms with Gasteiger partial charge in [0.25, 0.3) is 0 Å². The molecule has 2 rings (SSSR count). The van der Waals surface area contributed by atoms with Gasteiger partial charge in [-0.2, -0.15) is 0 Å². The van der Waals surface area contributed by atoms with Crippen molar-refractivity contribution in [2.75, 3.05) is 13.7 Å². The molecule has 0 aliphatic carbocycles. The molecule has 0 fully saturated rings. The van der Waals surface area contributed by atoms with Crippen LogP contribution < -0.4 is 15.1 Å². The average molecular weight is 262 g/mol. The summed E-state index contributed by atoms with van der Waals surface area (Å²) in [5, 5.41) is 0.770. The molecule has 0 bridgehead atoms. The molecule has 5 nitrogen and oxygen atoms in total. The number of hydrogen-bond acceptors (Lipinski definition) is 5. The second-order valence-electron chi connectivity index (χ2n) is 4.21. The minimum Gasteiger partial charge on any atom is -0.490 e. The summed E-state index contributed by atoms with van der Waals surface area (Å²) in [6, 6.07) is 4.88. The van der Waals surface area contributed by atoms with E-state index in [1.807, 2.05) is 6.92 Å². The van der Waals surface area contributed by atoms with E-state index in [1.165, 1.54) is 20.1 Å². The lowest BCUT2D eigenvalue weighted by molar-refractivity contribution is -0.118. The van der Waals surface area contributed by atoms with Crippen LogP contribution in [0.5, 0.6) is 11.5 Å². The number of carbonyl (C=O) groups is 1. The van der Waals surface area contributed by atoms with E-state index in [9.17, 15) is 9.59 Å². The number of aryl methyl sites for hydroxylation is 1. The van der Waals surface area contributed by atoms with Gasteiger partial charge in [-0.25, -0.2) is 4.79 Å². The van der Waals surface area contributed by atoms with Crippen molar-refractivity contribution >= 4 is 16.8 Å². The topological polar surface area (TPSA) is 65.7 Å². The summed E-state index contributed by atoms with van der Waals surface area (Å²) in [6.45, 7) is 3.19. The number of ether oxygens (including phenoxy) is 2. The van der Waals surface area contributed by atoms with Gasteiger partial charge in [-0.3, -0.25) is 4.79 Å². The Balaban J connectivity index is 2.61. The fourth-order valence-electron chi connectivity index (χ4n) is 1.83. The monoisotopic (exact) mass is 262 g/mol. The van der Waals surface area contributed by atoms with Gasteiger partial charge >= 0.3 is 5.63 Å². The molecule has 0 aliphatic rings. The van der Waals surface area contributed by atoms with Crippen LogP contribution in [0.15, 0.2) is 27.4 Å². The molecular weight excluding hydrogens is 248 g/mol. The van der Waals surface area contributed by atoms with E-state index in [2.05, 4.69) is 0 Å². The smallest absolute Gasteiger partial charge is 0.336 e. The van der Waals surface area contributed by atoms with Gasteiger partial charge in [0.2, 0.25) is 5.75 Å². The Labute approximate surface area is 109 Å². The molecule has 19 heavy (non-hydrogen) atoms. The molecule has 100 valence electrons. The quantitative estimate of drug-likeness (QED) is 0.789. The van der Waals surface area contributed by atoms with Gasteiger partial charge in [0.15, 0.2) is 17.1 Å². The predicted molar refractivity (Wildman–Crippen MR) is 69.9 cm³/mol. The molecular formula is C14H14O5. The molecule has 0 amide bonds. The van der Waals surface area contributed by atoms with Crippen LogP contribution in [0.4, 0.5) is 0 Å². The van der Waals surface area contributed by atoms with Crippen molar-refractivity contribution in [3.05, 3.63) is 34.2 Å². The van der Waals surface area contributed by atoms with Crippen LogP contribution in [0.3, 0.4) is 0 Å². The minimum absolute atomic E-state index is 0.0576. The average Bonchev–Trinajstić information content (AvgIpc) is 2.35. The van der Waals surface area contributed by atoms with Crippen molar-refractivity contribution in [3.63, 3.8) is 0 Å². The molecule has 1 heterocycles. The fraction of sp³-hybridized carbons (Fsp3) is 0.286. The first kappa shape index (κ1) is 13.1. The summed E-state index contributed by atoms with van der Waals surface area (Å²) in [6.07, 6.45) is 0. The zero-order valence-corrected chi connectivity index (χ0v) is 11.0. The maximum atomic E-state index is 11.4. The summed E-state index contributed by atoms with van der Waals surface area (Å²) in [5.41, 5.74) is 0.670. The van der Waals surface area contributed by atoms with Crippen LogP contribution in [-0.2, 0) is 4.79 Å². The van der Waals surface area contributed by atoms with Crippen LogP contribution in [0, 0.1) is 6.92 Å². The molecule has 0 spiro atoms. The maximum absolute atomic E-state index is 11.4. The molecule has 0 aliphatic heterocycles. The fourth-order valence-corrected chi connectivity index (χ4v) is 1.83. The highest BCUT2D eigenvalue weighted by molar-refractivity contribution is 5.88. The lowest BCUT2D eigenvalue weighted by atomic mass is 10.1. The van der Waals surface area contributed by atoms with Gasteiger partial charge < -0.3 is 13.9 Å². The van der Waals surface area contributed by atoms with Crippen molar-refractivity contribution < 1.29 is 18.7 Å². The molecule has 0 saturated carbocycles. The van der Waals surface area contributed by atoms with E-state index >= 15 is 0 Å². The van der Waals surface area contributed by atoms with Crippen LogP contribution in [0.25, 0.3) is 11.0 Å². The van der Waals surface area contributed by atoms with Gasteiger partial charge in [0.1, 0.15) is 6.61 Å². The van der Waals surface area contributed by atoms with Gasteiger partial charge in [0, 0.05) is 11.5 Å². The predicted octanol–water partition coefficient (Wildman–Crippen LogP) is 2.08. The van der Waals surface area contributed by atoms with Crippen molar-refractivity contribution in [2.24, 2.45) is 0 Å². The van der Waals surface area contributed by atoms with Crippen molar-refractivity contribution in [1.82, 2.24) is 0 Å². The highest BCUT2D eigenvalue weighted by Crippen LogP contribution is 2.35. The summed E-state index contributed by atoms with van der Waals surface area (Å²) in [4.78, 5) is 22.4. The summed E-state index contributed by atoms with van der Waals surface area (Å²) >= 11 is 0. The van der Waals surface area contributed by atoms with Crippen LogP contribution >= 0.6 is 0 Å². The number of Topliss-reactive ketones (excluding diaryl/α,β-unsaturated/α-hetero) is 1. The van der Waals surface area contributed by atoms with Crippen molar-refractivity contribution in [3.8, 4) is 11.5 Å². The molecule has 1 aromatic heterocycles. The minimum atomic E-state index is -0.452. The highest BCUT2D eigenvalue weighted by atomic mass is 16.5. The molecule has 0 unspecified atom stereocenters.